The van der Waals surface area contributed by atoms with Gasteiger partial charge in [0.2, 0.25) is 11.6 Å². The molecule has 2 aromatic carbocycles. The molecule has 0 amide bonds. The smallest absolute Gasteiger partial charge is 0.236 e. The van der Waals surface area contributed by atoms with Crippen molar-refractivity contribution in [1.82, 2.24) is 0 Å². The number of rotatable bonds is 3. The van der Waals surface area contributed by atoms with Crippen molar-refractivity contribution in [2.45, 2.75) is 13.5 Å². The van der Waals surface area contributed by atoms with Crippen LogP contribution < -0.4 is 9.67 Å². The monoisotopic (exact) mass is 265 g/mol. The lowest BCUT2D eigenvalue weighted by Gasteiger charge is -2.02. The van der Waals surface area contributed by atoms with Gasteiger partial charge in [-0.3, -0.25) is 0 Å². The molecule has 0 fully saturated rings. The van der Waals surface area contributed by atoms with Crippen LogP contribution >= 0.6 is 0 Å². The molecule has 0 atom stereocenters. The van der Waals surface area contributed by atoms with Gasteiger partial charge in [0, 0.05) is 18.1 Å². The predicted octanol–water partition coefficient (Wildman–Crippen LogP) is 2.66. The van der Waals surface area contributed by atoms with E-state index in [0.29, 0.717) is 18.1 Å². The van der Waals surface area contributed by atoms with Crippen molar-refractivity contribution in [2.24, 2.45) is 0 Å². The summed E-state index contributed by atoms with van der Waals surface area (Å²) in [5, 5.41) is 12.1. The highest BCUT2D eigenvalue weighted by Crippen LogP contribution is 2.25. The van der Waals surface area contributed by atoms with Crippen LogP contribution in [0, 0.1) is 6.92 Å². The number of nitrogens with zero attached hydrogens (tertiary/aromatic N) is 1. The molecule has 3 heteroatoms. The molecule has 1 heterocycles. The molecule has 3 rings (SSSR count). The van der Waals surface area contributed by atoms with Crippen LogP contribution in [0.15, 0.2) is 65.1 Å². The molecule has 3 nitrogen and oxygen atoms in total. The van der Waals surface area contributed by atoms with Gasteiger partial charge in [-0.1, -0.05) is 48.5 Å². The van der Waals surface area contributed by atoms with E-state index in [1.807, 2.05) is 72.2 Å². The maximum absolute atomic E-state index is 12.1. The fraction of sp³-hybridized carbons (Fsp3) is 0.118. The van der Waals surface area contributed by atoms with E-state index in [1.54, 1.807) is 0 Å². The number of benzene rings is 2. The van der Waals surface area contributed by atoms with E-state index < -0.39 is 0 Å². The van der Waals surface area contributed by atoms with Crippen molar-refractivity contribution in [3.63, 3.8) is 0 Å². The highest BCUT2D eigenvalue weighted by atomic mass is 16.5. The first-order valence-corrected chi connectivity index (χ1v) is 6.55. The maximum atomic E-state index is 12.1. The molecule has 0 radical (unpaired) electrons. The van der Waals surface area contributed by atoms with E-state index >= 15 is 0 Å². The Morgan fingerprint density at radius 1 is 0.950 bits per heavy atom. The summed E-state index contributed by atoms with van der Waals surface area (Å²) in [5.41, 5.74) is 2.62. The molecular weight excluding hydrogens is 250 g/mol. The summed E-state index contributed by atoms with van der Waals surface area (Å²) in [7, 11) is 0. The first-order valence-electron chi connectivity index (χ1n) is 6.55. The Hall–Kier alpha value is -2.55. The number of oxazole rings is 1. The highest BCUT2D eigenvalue weighted by Gasteiger charge is 2.20. The second kappa shape index (κ2) is 5.21. The van der Waals surface area contributed by atoms with E-state index in [9.17, 15) is 5.11 Å². The molecule has 3 aromatic rings. The molecule has 0 saturated carbocycles. The summed E-state index contributed by atoms with van der Waals surface area (Å²) >= 11 is 0. The van der Waals surface area contributed by atoms with Gasteiger partial charge in [-0.25, -0.2) is 0 Å². The average Bonchev–Trinajstić information content (AvgIpc) is 2.75. The molecule has 0 saturated heterocycles. The molecule has 100 valence electrons. The van der Waals surface area contributed by atoms with Crippen molar-refractivity contribution < 1.29 is 14.1 Å². The van der Waals surface area contributed by atoms with Crippen molar-refractivity contribution in [3.8, 4) is 17.2 Å². The summed E-state index contributed by atoms with van der Waals surface area (Å²) in [6.45, 7) is 2.44. The molecule has 0 N–H and O–H groups in total. The first-order chi connectivity index (χ1) is 9.75. The number of aryl methyl sites for hydroxylation is 1. The average molecular weight is 265 g/mol. The van der Waals surface area contributed by atoms with Crippen LogP contribution in [0.5, 0.6) is 5.95 Å². The Labute approximate surface area is 117 Å². The molecule has 1 aromatic heterocycles. The standard InChI is InChI=1S/C17H15NO2/c1-13-18(12-14-8-4-2-5-9-14)16(17(19)20-13)15-10-6-3-7-11-15/h2-11H,12H2,1H3. The van der Waals surface area contributed by atoms with Crippen molar-refractivity contribution in [1.29, 1.82) is 0 Å². The van der Waals surface area contributed by atoms with E-state index in [-0.39, 0.29) is 5.95 Å². The van der Waals surface area contributed by atoms with E-state index in [1.165, 1.54) is 0 Å². The zero-order valence-electron chi connectivity index (χ0n) is 11.2. The maximum Gasteiger partial charge on any atom is 0.236 e. The topological polar surface area (TPSA) is 40.1 Å². The van der Waals surface area contributed by atoms with Gasteiger partial charge in [0.1, 0.15) is 5.95 Å². The number of aromatic nitrogens is 1. The highest BCUT2D eigenvalue weighted by molar-refractivity contribution is 5.59. The SMILES string of the molecule is Cc1oc([O-])c(-c2ccccc2)[n+]1Cc1ccccc1. The molecule has 0 spiro atoms. The van der Waals surface area contributed by atoms with E-state index in [4.69, 9.17) is 4.42 Å². The summed E-state index contributed by atoms with van der Waals surface area (Å²) in [6, 6.07) is 19.7. The lowest BCUT2D eigenvalue weighted by atomic mass is 10.1. The van der Waals surface area contributed by atoms with Gasteiger partial charge in [-0.2, -0.15) is 4.57 Å². The Kier molecular flexibility index (Phi) is 3.25. The van der Waals surface area contributed by atoms with Gasteiger partial charge in [-0.15, -0.1) is 0 Å². The normalized spacial score (nSPS) is 10.7. The Balaban J connectivity index is 2.07. The Morgan fingerprint density at radius 3 is 2.20 bits per heavy atom. The van der Waals surface area contributed by atoms with Gasteiger partial charge >= 0.3 is 0 Å². The molecule has 20 heavy (non-hydrogen) atoms. The molecule has 0 bridgehead atoms. The largest absolute Gasteiger partial charge is 0.540 e. The predicted molar refractivity (Wildman–Crippen MR) is 74.1 cm³/mol. The summed E-state index contributed by atoms with van der Waals surface area (Å²) in [4.78, 5) is 0. The molecule has 0 unspecified atom stereocenters. The molecular formula is C17H15NO2. The molecule has 0 aliphatic heterocycles. The summed E-state index contributed by atoms with van der Waals surface area (Å²) in [5.74, 6) is 0.335. The third-order valence-electron chi connectivity index (χ3n) is 3.31. The lowest BCUT2D eigenvalue weighted by Crippen LogP contribution is -2.37. The van der Waals surface area contributed by atoms with Crippen molar-refractivity contribution in [3.05, 3.63) is 72.1 Å². The van der Waals surface area contributed by atoms with Crippen LogP contribution in [0.3, 0.4) is 0 Å². The third kappa shape index (κ3) is 2.30. The van der Waals surface area contributed by atoms with Crippen LogP contribution in [0.4, 0.5) is 0 Å². The van der Waals surface area contributed by atoms with Gasteiger partial charge in [0.25, 0.3) is 0 Å². The minimum absolute atomic E-state index is 0.287. The fourth-order valence-corrected chi connectivity index (χ4v) is 2.33. The summed E-state index contributed by atoms with van der Waals surface area (Å²) in [6.07, 6.45) is 0. The quantitative estimate of drug-likeness (QED) is 0.683. The molecule has 0 aliphatic rings. The van der Waals surface area contributed by atoms with Crippen molar-refractivity contribution >= 4 is 0 Å². The Bertz CT molecular complexity index is 703. The molecule has 0 aliphatic carbocycles. The van der Waals surface area contributed by atoms with Gasteiger partial charge in [-0.05, 0) is 12.1 Å². The van der Waals surface area contributed by atoms with Crippen molar-refractivity contribution in [2.75, 3.05) is 0 Å². The zero-order chi connectivity index (χ0) is 13.9. The minimum atomic E-state index is -0.287. The minimum Gasteiger partial charge on any atom is -0.540 e. The second-order valence-electron chi connectivity index (χ2n) is 4.69. The number of hydrogen-bond acceptors (Lipinski definition) is 2. The van der Waals surface area contributed by atoms with Gasteiger partial charge in [0.05, 0.1) is 0 Å². The third-order valence-corrected chi connectivity index (χ3v) is 3.31. The fourth-order valence-electron chi connectivity index (χ4n) is 2.33. The van der Waals surface area contributed by atoms with E-state index in [2.05, 4.69) is 0 Å². The van der Waals surface area contributed by atoms with Crippen LogP contribution in [-0.2, 0) is 6.54 Å². The second-order valence-corrected chi connectivity index (χ2v) is 4.69. The van der Waals surface area contributed by atoms with Gasteiger partial charge in [0.15, 0.2) is 6.54 Å². The Morgan fingerprint density at radius 2 is 1.55 bits per heavy atom. The first kappa shape index (κ1) is 12.5. The van der Waals surface area contributed by atoms with E-state index in [0.717, 1.165) is 11.1 Å². The van der Waals surface area contributed by atoms with Crippen LogP contribution in [-0.4, -0.2) is 0 Å². The van der Waals surface area contributed by atoms with Crippen LogP contribution in [0.2, 0.25) is 0 Å². The summed E-state index contributed by atoms with van der Waals surface area (Å²) < 4.78 is 7.20. The zero-order valence-corrected chi connectivity index (χ0v) is 11.2. The lowest BCUT2D eigenvalue weighted by molar-refractivity contribution is -0.687. The van der Waals surface area contributed by atoms with Crippen LogP contribution in [0.25, 0.3) is 11.3 Å². The number of hydrogen-bond donors (Lipinski definition) is 0. The van der Waals surface area contributed by atoms with Gasteiger partial charge < -0.3 is 9.52 Å². The van der Waals surface area contributed by atoms with Crippen LogP contribution in [0.1, 0.15) is 11.5 Å².